The zero-order chi connectivity index (χ0) is 16.5. The molecule has 0 saturated carbocycles. The van der Waals surface area contributed by atoms with Gasteiger partial charge in [-0.3, -0.25) is 15.0 Å². The van der Waals surface area contributed by atoms with Crippen molar-refractivity contribution >= 4 is 5.91 Å². The third-order valence-corrected chi connectivity index (χ3v) is 3.89. The van der Waals surface area contributed by atoms with Crippen molar-refractivity contribution in [3.05, 3.63) is 71.8 Å². The van der Waals surface area contributed by atoms with E-state index in [1.54, 1.807) is 24.3 Å². The number of amides is 1. The van der Waals surface area contributed by atoms with Crippen molar-refractivity contribution in [1.82, 2.24) is 10.2 Å². The van der Waals surface area contributed by atoms with Gasteiger partial charge in [0.15, 0.2) is 0 Å². The van der Waals surface area contributed by atoms with Crippen LogP contribution in [0, 0.1) is 0 Å². The van der Waals surface area contributed by atoms with Gasteiger partial charge in [-0.05, 0) is 12.1 Å². The summed E-state index contributed by atoms with van der Waals surface area (Å²) in [7, 11) is 0. The molecule has 0 aromatic heterocycles. The van der Waals surface area contributed by atoms with Crippen LogP contribution in [0.15, 0.2) is 60.7 Å². The van der Waals surface area contributed by atoms with Crippen LogP contribution in [0.4, 0.5) is 13.2 Å². The van der Waals surface area contributed by atoms with Gasteiger partial charge in [0, 0.05) is 24.2 Å². The second kappa shape index (κ2) is 5.70. The van der Waals surface area contributed by atoms with Crippen molar-refractivity contribution < 1.29 is 18.0 Å². The van der Waals surface area contributed by atoms with E-state index >= 15 is 4.39 Å². The quantitative estimate of drug-likeness (QED) is 0.862. The Morgan fingerprint density at radius 1 is 0.957 bits per heavy atom. The molecule has 1 unspecified atom stereocenters. The predicted molar refractivity (Wildman–Crippen MR) is 79.7 cm³/mol. The highest BCUT2D eigenvalue weighted by Crippen LogP contribution is 2.45. The number of rotatable bonds is 2. The molecular weight excluding hydrogens is 305 g/mol. The van der Waals surface area contributed by atoms with Crippen LogP contribution in [0.25, 0.3) is 0 Å². The molecule has 1 heterocycles. The SMILES string of the molecule is O=C(c1ccccc1)N1CCNC(F)(F)C1(F)c1ccccc1. The molecule has 1 saturated heterocycles. The van der Waals surface area contributed by atoms with Gasteiger partial charge in [0.05, 0.1) is 0 Å². The minimum Gasteiger partial charge on any atom is -0.295 e. The Morgan fingerprint density at radius 2 is 1.52 bits per heavy atom. The van der Waals surface area contributed by atoms with Gasteiger partial charge in [0.2, 0.25) is 0 Å². The molecule has 3 nitrogen and oxygen atoms in total. The van der Waals surface area contributed by atoms with E-state index in [0.717, 1.165) is 0 Å². The van der Waals surface area contributed by atoms with Crippen molar-refractivity contribution in [2.75, 3.05) is 13.1 Å². The number of nitrogens with zero attached hydrogens (tertiary/aromatic N) is 1. The van der Waals surface area contributed by atoms with E-state index in [9.17, 15) is 13.6 Å². The number of hydrogen-bond acceptors (Lipinski definition) is 2. The van der Waals surface area contributed by atoms with Crippen molar-refractivity contribution in [2.24, 2.45) is 0 Å². The maximum Gasteiger partial charge on any atom is 0.359 e. The molecule has 120 valence electrons. The molecule has 0 bridgehead atoms. The highest BCUT2D eigenvalue weighted by atomic mass is 19.3. The maximum absolute atomic E-state index is 15.6. The van der Waals surface area contributed by atoms with Crippen molar-refractivity contribution in [3.63, 3.8) is 0 Å². The van der Waals surface area contributed by atoms with Crippen molar-refractivity contribution in [1.29, 1.82) is 0 Å². The molecule has 1 N–H and O–H groups in total. The number of piperazine rings is 1. The molecule has 1 amide bonds. The normalized spacial score (nSPS) is 23.5. The summed E-state index contributed by atoms with van der Waals surface area (Å²) in [6.45, 7) is -0.348. The van der Waals surface area contributed by atoms with Gasteiger partial charge >= 0.3 is 6.05 Å². The summed E-state index contributed by atoms with van der Waals surface area (Å²) >= 11 is 0. The summed E-state index contributed by atoms with van der Waals surface area (Å²) in [5, 5.41) is 1.88. The van der Waals surface area contributed by atoms with E-state index in [4.69, 9.17) is 0 Å². The third kappa shape index (κ3) is 2.49. The number of carbonyl (C=O) groups is 1. The average molecular weight is 320 g/mol. The second-order valence-electron chi connectivity index (χ2n) is 5.31. The van der Waals surface area contributed by atoms with E-state index < -0.39 is 17.7 Å². The van der Waals surface area contributed by atoms with E-state index in [1.807, 2.05) is 5.32 Å². The van der Waals surface area contributed by atoms with Gasteiger partial charge in [-0.25, -0.2) is 4.39 Å². The lowest BCUT2D eigenvalue weighted by molar-refractivity contribution is -0.242. The Bertz CT molecular complexity index is 693. The van der Waals surface area contributed by atoms with E-state index in [-0.39, 0.29) is 24.2 Å². The number of carbonyl (C=O) groups excluding carboxylic acids is 1. The first kappa shape index (κ1) is 15.6. The molecule has 2 aromatic rings. The molecular formula is C17H15F3N2O. The predicted octanol–water partition coefficient (Wildman–Crippen LogP) is 3.15. The highest BCUT2D eigenvalue weighted by molar-refractivity contribution is 5.94. The highest BCUT2D eigenvalue weighted by Gasteiger charge is 2.63. The standard InChI is InChI=1S/C17H15F3N2O/c18-16(14-9-5-2-6-10-14)17(19,20)21-11-12-22(16)15(23)13-7-3-1-4-8-13/h1-10,21H,11-12H2. The number of nitrogens with one attached hydrogen (secondary N) is 1. The fourth-order valence-corrected chi connectivity index (χ4v) is 2.74. The number of benzene rings is 2. The Labute approximate surface area is 131 Å². The molecule has 2 aromatic carbocycles. The van der Waals surface area contributed by atoms with Crippen LogP contribution in [0.5, 0.6) is 0 Å². The van der Waals surface area contributed by atoms with Crippen LogP contribution < -0.4 is 5.32 Å². The number of halogens is 3. The zero-order valence-corrected chi connectivity index (χ0v) is 12.2. The van der Waals surface area contributed by atoms with E-state index in [0.29, 0.717) is 4.90 Å². The van der Waals surface area contributed by atoms with Gasteiger partial charge in [0.25, 0.3) is 11.7 Å². The van der Waals surface area contributed by atoms with E-state index in [1.165, 1.54) is 36.4 Å². The van der Waals surface area contributed by atoms with Crippen LogP contribution in [0.3, 0.4) is 0 Å². The lowest BCUT2D eigenvalue weighted by atomic mass is 9.96. The van der Waals surface area contributed by atoms with Gasteiger partial charge in [-0.2, -0.15) is 8.78 Å². The molecule has 1 fully saturated rings. The third-order valence-electron chi connectivity index (χ3n) is 3.89. The lowest BCUT2D eigenvalue weighted by Gasteiger charge is -2.46. The van der Waals surface area contributed by atoms with Crippen LogP contribution in [-0.4, -0.2) is 29.9 Å². The zero-order valence-electron chi connectivity index (χ0n) is 12.2. The van der Waals surface area contributed by atoms with Crippen LogP contribution in [-0.2, 0) is 5.79 Å². The van der Waals surface area contributed by atoms with Crippen LogP contribution >= 0.6 is 0 Å². The van der Waals surface area contributed by atoms with Gasteiger partial charge in [0.1, 0.15) is 0 Å². The molecule has 3 rings (SSSR count). The average Bonchev–Trinajstić information content (AvgIpc) is 2.58. The minimum absolute atomic E-state index is 0.158. The molecule has 1 atom stereocenters. The molecule has 0 aliphatic carbocycles. The first-order valence-corrected chi connectivity index (χ1v) is 7.21. The molecule has 0 radical (unpaired) electrons. The summed E-state index contributed by atoms with van der Waals surface area (Å²) < 4.78 is 44.3. The summed E-state index contributed by atoms with van der Waals surface area (Å²) in [5.74, 6) is -4.02. The van der Waals surface area contributed by atoms with Crippen LogP contribution in [0.2, 0.25) is 0 Å². The molecule has 1 aliphatic rings. The Balaban J connectivity index is 2.09. The Morgan fingerprint density at radius 3 is 2.13 bits per heavy atom. The Kier molecular flexibility index (Phi) is 3.85. The van der Waals surface area contributed by atoms with Crippen molar-refractivity contribution in [2.45, 2.75) is 11.8 Å². The van der Waals surface area contributed by atoms with Gasteiger partial charge in [-0.15, -0.1) is 0 Å². The minimum atomic E-state index is -3.89. The lowest BCUT2D eigenvalue weighted by Crippen LogP contribution is -2.68. The molecule has 6 heteroatoms. The second-order valence-corrected chi connectivity index (χ2v) is 5.31. The fraction of sp³-hybridized carbons (Fsp3) is 0.235. The fourth-order valence-electron chi connectivity index (χ4n) is 2.74. The van der Waals surface area contributed by atoms with Crippen molar-refractivity contribution in [3.8, 4) is 0 Å². The van der Waals surface area contributed by atoms with Crippen LogP contribution in [0.1, 0.15) is 15.9 Å². The summed E-state index contributed by atoms with van der Waals surface area (Å²) in [6, 6.07) is 11.0. The topological polar surface area (TPSA) is 32.3 Å². The molecule has 0 spiro atoms. The van der Waals surface area contributed by atoms with Gasteiger partial charge < -0.3 is 0 Å². The first-order valence-electron chi connectivity index (χ1n) is 7.21. The Hall–Kier alpha value is -2.34. The smallest absolute Gasteiger partial charge is 0.295 e. The largest absolute Gasteiger partial charge is 0.359 e. The summed E-state index contributed by atoms with van der Waals surface area (Å²) in [4.78, 5) is 13.2. The number of alkyl halides is 3. The molecule has 1 aliphatic heterocycles. The van der Waals surface area contributed by atoms with Gasteiger partial charge in [-0.1, -0.05) is 48.5 Å². The number of hydrogen-bond donors (Lipinski definition) is 1. The summed E-state index contributed by atoms with van der Waals surface area (Å²) in [5.41, 5.74) is -0.0929. The first-order chi connectivity index (χ1) is 11.0. The maximum atomic E-state index is 15.6. The van der Waals surface area contributed by atoms with E-state index in [2.05, 4.69) is 0 Å². The monoisotopic (exact) mass is 320 g/mol. The summed E-state index contributed by atoms with van der Waals surface area (Å²) in [6.07, 6.45) is 0. The molecule has 23 heavy (non-hydrogen) atoms.